The van der Waals surface area contributed by atoms with E-state index >= 15 is 8.78 Å². The number of para-hydroxylation sites is 1. The third kappa shape index (κ3) is 7.41. The molecule has 0 unspecified atom stereocenters. The minimum absolute atomic E-state index is 0. The van der Waals surface area contributed by atoms with Gasteiger partial charge in [-0.25, -0.2) is 8.78 Å². The highest BCUT2D eigenvalue weighted by molar-refractivity contribution is 5.81. The zero-order chi connectivity index (χ0) is 27.1. The first kappa shape index (κ1) is 29.8. The predicted molar refractivity (Wildman–Crippen MR) is 154 cm³/mol. The molecule has 0 aliphatic carbocycles. The van der Waals surface area contributed by atoms with Gasteiger partial charge in [-0.15, -0.1) is 0 Å². The van der Waals surface area contributed by atoms with Crippen LogP contribution in [0.1, 0.15) is 33.2 Å². The van der Waals surface area contributed by atoms with E-state index in [0.29, 0.717) is 35.7 Å². The first-order valence-corrected chi connectivity index (χ1v) is 12.9. The molecule has 0 aromatic heterocycles. The molecule has 1 fully saturated rings. The summed E-state index contributed by atoms with van der Waals surface area (Å²) in [4.78, 5) is 8.35. The number of aliphatic imine (C=N–C) groups is 1. The van der Waals surface area contributed by atoms with E-state index in [1.165, 1.54) is 12.1 Å². The van der Waals surface area contributed by atoms with Gasteiger partial charge in [-0.2, -0.15) is 4.99 Å². The first-order chi connectivity index (χ1) is 18.4. The molecule has 210 valence electrons. The summed E-state index contributed by atoms with van der Waals surface area (Å²) in [6, 6.07) is 17.0. The van der Waals surface area contributed by atoms with E-state index in [1.54, 1.807) is 24.3 Å². The van der Waals surface area contributed by atoms with Crippen molar-refractivity contribution in [1.29, 1.82) is 0 Å². The molecule has 4 rings (SSSR count). The normalized spacial score (nSPS) is 13.6. The van der Waals surface area contributed by atoms with Crippen LogP contribution in [0.25, 0.3) is 11.1 Å². The molecular weight excluding hydrogens is 502 g/mol. The molecule has 1 saturated heterocycles. The molecule has 3 aromatic rings. The highest BCUT2D eigenvalue weighted by Crippen LogP contribution is 2.33. The number of amidine groups is 1. The number of allylic oxidation sites excluding steroid dienone is 1. The fourth-order valence-electron chi connectivity index (χ4n) is 4.67. The van der Waals surface area contributed by atoms with Crippen molar-refractivity contribution in [3.05, 3.63) is 90.1 Å². The minimum atomic E-state index is -0.656. The van der Waals surface area contributed by atoms with Crippen molar-refractivity contribution >= 4 is 17.4 Å². The largest absolute Gasteiger partial charge is 0.425 e. The number of aliphatic hydroxyl groups is 1. The number of nitrogens with two attached hydrogens (primary N) is 1. The van der Waals surface area contributed by atoms with Crippen LogP contribution in [0.2, 0.25) is 0 Å². The van der Waals surface area contributed by atoms with Crippen molar-refractivity contribution in [3.8, 4) is 16.9 Å². The molecule has 0 spiro atoms. The summed E-state index contributed by atoms with van der Waals surface area (Å²) in [7, 11) is 0. The van der Waals surface area contributed by atoms with Crippen LogP contribution in [0.4, 0.5) is 20.2 Å². The number of hydrogen-bond acceptors (Lipinski definition) is 5. The second-order valence-electron chi connectivity index (χ2n) is 9.30. The van der Waals surface area contributed by atoms with Gasteiger partial charge in [0.05, 0.1) is 12.3 Å². The lowest BCUT2D eigenvalue weighted by molar-refractivity contribution is 0.187. The summed E-state index contributed by atoms with van der Waals surface area (Å²) in [5, 5.41) is 9.27. The maximum absolute atomic E-state index is 15.1. The summed E-state index contributed by atoms with van der Waals surface area (Å²) in [5.41, 5.74) is 9.65. The third-order valence-corrected chi connectivity index (χ3v) is 6.52. The molecule has 1 aliphatic rings. The van der Waals surface area contributed by atoms with E-state index in [0.717, 1.165) is 37.2 Å². The van der Waals surface area contributed by atoms with Gasteiger partial charge in [0.1, 0.15) is 17.4 Å². The summed E-state index contributed by atoms with van der Waals surface area (Å²) in [6.45, 7) is 8.02. The van der Waals surface area contributed by atoms with E-state index in [2.05, 4.69) is 16.5 Å². The van der Waals surface area contributed by atoms with Crippen molar-refractivity contribution < 1.29 is 25.5 Å². The number of halogens is 2. The smallest absolute Gasteiger partial charge is 0.292 e. The Bertz CT molecular complexity index is 1280. The predicted octanol–water partition coefficient (Wildman–Crippen LogP) is 5.40. The fraction of sp³-hybridized carbons (Fsp3) is 0.300. The van der Waals surface area contributed by atoms with E-state index in [1.807, 2.05) is 36.1 Å². The Hall–Kier alpha value is -3.79. The van der Waals surface area contributed by atoms with Gasteiger partial charge in [0.15, 0.2) is 0 Å². The van der Waals surface area contributed by atoms with Crippen molar-refractivity contribution in [2.45, 2.75) is 32.7 Å². The Morgan fingerprint density at radius 2 is 1.82 bits per heavy atom. The number of hydrogen-bond donors (Lipinski definition) is 2. The van der Waals surface area contributed by atoms with Crippen LogP contribution in [0, 0.1) is 11.6 Å². The number of ether oxygens (including phenoxy) is 1. The summed E-state index contributed by atoms with van der Waals surface area (Å²) in [6.07, 6.45) is 2.90. The Morgan fingerprint density at radius 3 is 2.44 bits per heavy atom. The lowest BCUT2D eigenvalue weighted by atomic mass is 10.0. The Kier molecular flexibility index (Phi) is 10.6. The highest BCUT2D eigenvalue weighted by atomic mass is 19.1. The number of nitrogens with zero attached hydrogens (tertiary/aromatic N) is 3. The lowest BCUT2D eigenvalue weighted by Crippen LogP contribution is -2.28. The SMILES string of the molecule is C=C1CCCN1c1ccc(N=C(N)Oc2ccccc2-c2cc(F)c(CN(CCC)CCO)c(F)c2)cc1.O.[HH]. The van der Waals surface area contributed by atoms with Crippen LogP contribution in [0.15, 0.2) is 77.9 Å². The number of rotatable bonds is 10. The molecule has 0 atom stereocenters. The van der Waals surface area contributed by atoms with Gasteiger partial charge in [0.25, 0.3) is 6.02 Å². The zero-order valence-electron chi connectivity index (χ0n) is 22.2. The average Bonchev–Trinajstić information content (AvgIpc) is 3.33. The second-order valence-corrected chi connectivity index (χ2v) is 9.30. The van der Waals surface area contributed by atoms with Crippen LogP contribution in [0.3, 0.4) is 0 Å². The van der Waals surface area contributed by atoms with E-state index in [4.69, 9.17) is 10.5 Å². The van der Waals surface area contributed by atoms with Gasteiger partial charge in [-0.3, -0.25) is 4.90 Å². The minimum Gasteiger partial charge on any atom is -0.425 e. The van der Waals surface area contributed by atoms with Gasteiger partial charge < -0.3 is 26.0 Å². The van der Waals surface area contributed by atoms with Gasteiger partial charge in [0.2, 0.25) is 0 Å². The van der Waals surface area contributed by atoms with E-state index in [-0.39, 0.29) is 31.6 Å². The van der Waals surface area contributed by atoms with E-state index in [9.17, 15) is 5.11 Å². The Balaban J connectivity index is 0.00000280. The molecule has 1 heterocycles. The summed E-state index contributed by atoms with van der Waals surface area (Å²) >= 11 is 0. The summed E-state index contributed by atoms with van der Waals surface area (Å²) in [5.74, 6) is -0.981. The summed E-state index contributed by atoms with van der Waals surface area (Å²) < 4.78 is 35.9. The zero-order valence-corrected chi connectivity index (χ0v) is 22.2. The number of benzene rings is 3. The fourth-order valence-corrected chi connectivity index (χ4v) is 4.67. The molecule has 39 heavy (non-hydrogen) atoms. The van der Waals surface area contributed by atoms with Crippen LogP contribution in [-0.2, 0) is 6.54 Å². The lowest BCUT2D eigenvalue weighted by Gasteiger charge is -2.21. The second kappa shape index (κ2) is 13.8. The van der Waals surface area contributed by atoms with Gasteiger partial charge in [-0.05, 0) is 73.8 Å². The number of anilines is 1. The molecule has 0 saturated carbocycles. The Labute approximate surface area is 229 Å². The van der Waals surface area contributed by atoms with Crippen LogP contribution < -0.4 is 15.4 Å². The van der Waals surface area contributed by atoms with Crippen LogP contribution >= 0.6 is 0 Å². The number of aliphatic hydroxyl groups excluding tert-OH is 1. The standard InChI is InChI=1S/C30H34F2N4O2.H2O.H2/c1-3-14-35(16-17-37)20-26-27(31)18-22(19-28(26)32)25-8-4-5-9-29(25)38-30(33)34-23-10-12-24(13-11-23)36-15-6-7-21(36)2;;/h4-5,8-13,18-19,37H,2-3,6-7,14-17,20H2,1H3,(H2,33,34);1H2;1H. The molecule has 5 N–H and O–H groups in total. The van der Waals surface area contributed by atoms with Crippen LogP contribution in [-0.4, -0.2) is 47.7 Å². The van der Waals surface area contributed by atoms with Gasteiger partial charge in [-0.1, -0.05) is 31.7 Å². The highest BCUT2D eigenvalue weighted by Gasteiger charge is 2.18. The van der Waals surface area contributed by atoms with E-state index < -0.39 is 11.6 Å². The van der Waals surface area contributed by atoms with Crippen molar-refractivity contribution in [1.82, 2.24) is 4.90 Å². The maximum atomic E-state index is 15.1. The molecule has 9 heteroatoms. The monoisotopic (exact) mass is 540 g/mol. The Morgan fingerprint density at radius 1 is 1.13 bits per heavy atom. The van der Waals surface area contributed by atoms with Crippen molar-refractivity contribution in [2.75, 3.05) is 31.1 Å². The molecule has 1 aliphatic heterocycles. The van der Waals surface area contributed by atoms with Crippen LogP contribution in [0.5, 0.6) is 5.75 Å². The molecule has 0 amide bonds. The molecule has 0 bridgehead atoms. The maximum Gasteiger partial charge on any atom is 0.292 e. The quantitative estimate of drug-likeness (QED) is 0.265. The molecular formula is C30H38F2N4O3. The third-order valence-electron chi connectivity index (χ3n) is 6.52. The average molecular weight is 541 g/mol. The van der Waals surface area contributed by atoms with Gasteiger partial charge >= 0.3 is 0 Å². The van der Waals surface area contributed by atoms with Gasteiger partial charge in [0, 0.05) is 43.6 Å². The molecule has 0 radical (unpaired) electrons. The van der Waals surface area contributed by atoms with Crippen molar-refractivity contribution in [2.24, 2.45) is 10.7 Å². The van der Waals surface area contributed by atoms with Crippen molar-refractivity contribution in [3.63, 3.8) is 0 Å². The topological polar surface area (TPSA) is 106 Å². The molecule has 7 nitrogen and oxygen atoms in total. The molecule has 3 aromatic carbocycles. The first-order valence-electron chi connectivity index (χ1n) is 12.9.